The maximum absolute atomic E-state index is 12.6. The van der Waals surface area contributed by atoms with E-state index >= 15 is 0 Å². The van der Waals surface area contributed by atoms with Gasteiger partial charge in [0.25, 0.3) is 5.91 Å². The van der Waals surface area contributed by atoms with Gasteiger partial charge in [-0.15, -0.1) is 0 Å². The highest BCUT2D eigenvalue weighted by molar-refractivity contribution is 6.05. The van der Waals surface area contributed by atoms with Crippen LogP contribution in [0.4, 0.5) is 16.2 Å². The Labute approximate surface area is 157 Å². The Morgan fingerprint density at radius 3 is 2.26 bits per heavy atom. The van der Waals surface area contributed by atoms with E-state index in [1.165, 1.54) is 0 Å². The lowest BCUT2D eigenvalue weighted by Gasteiger charge is -2.08. The van der Waals surface area contributed by atoms with Gasteiger partial charge in [-0.05, 0) is 48.7 Å². The van der Waals surface area contributed by atoms with Crippen LogP contribution in [0.1, 0.15) is 28.4 Å². The molecule has 2 aromatic carbocycles. The topological polar surface area (TPSA) is 83.2 Å². The molecule has 6 nitrogen and oxygen atoms in total. The summed E-state index contributed by atoms with van der Waals surface area (Å²) in [6, 6.07) is 16.8. The summed E-state index contributed by atoms with van der Waals surface area (Å²) >= 11 is 0. The van der Waals surface area contributed by atoms with E-state index in [1.807, 2.05) is 36.5 Å². The smallest absolute Gasteiger partial charge is 0.411 e. The number of aromatic amines is 1. The zero-order valence-corrected chi connectivity index (χ0v) is 15.0. The third-order valence-corrected chi connectivity index (χ3v) is 3.98. The summed E-state index contributed by atoms with van der Waals surface area (Å²) in [5.41, 5.74) is 3.91. The third-order valence-electron chi connectivity index (χ3n) is 3.98. The first-order chi connectivity index (χ1) is 13.2. The summed E-state index contributed by atoms with van der Waals surface area (Å²) in [4.78, 5) is 27.0. The average Bonchev–Trinajstić information content (AvgIpc) is 3.12. The number of hydrogen-bond acceptors (Lipinski definition) is 3. The van der Waals surface area contributed by atoms with Gasteiger partial charge < -0.3 is 15.0 Å². The number of aromatic nitrogens is 1. The summed E-state index contributed by atoms with van der Waals surface area (Å²) in [7, 11) is 0. The van der Waals surface area contributed by atoms with E-state index in [2.05, 4.69) is 15.6 Å². The van der Waals surface area contributed by atoms with Gasteiger partial charge in [0.15, 0.2) is 0 Å². The first kappa shape index (κ1) is 18.3. The summed E-state index contributed by atoms with van der Waals surface area (Å²) in [5.74, 6) is -0.187. The number of hydrogen-bond donors (Lipinski definition) is 3. The fourth-order valence-corrected chi connectivity index (χ4v) is 2.69. The number of carbonyl (C=O) groups is 2. The second kappa shape index (κ2) is 8.71. The van der Waals surface area contributed by atoms with E-state index < -0.39 is 6.09 Å². The minimum atomic E-state index is -0.507. The summed E-state index contributed by atoms with van der Waals surface area (Å²) in [6.45, 7) is 2.05. The van der Waals surface area contributed by atoms with Crippen LogP contribution in [0.3, 0.4) is 0 Å². The lowest BCUT2D eigenvalue weighted by atomic mass is 10.0. The molecule has 0 fully saturated rings. The molecule has 2 amide bonds. The quantitative estimate of drug-likeness (QED) is 0.606. The summed E-state index contributed by atoms with van der Waals surface area (Å²) < 4.78 is 4.83. The van der Waals surface area contributed by atoms with Gasteiger partial charge in [-0.1, -0.05) is 30.3 Å². The number of anilines is 2. The molecule has 3 N–H and O–H groups in total. The van der Waals surface area contributed by atoms with Crippen molar-refractivity contribution >= 4 is 23.4 Å². The molecular formula is C21H21N3O3. The number of nitrogens with one attached hydrogen (secondary N) is 3. The van der Waals surface area contributed by atoms with Gasteiger partial charge in [-0.2, -0.15) is 0 Å². The average molecular weight is 363 g/mol. The molecule has 138 valence electrons. The highest BCUT2D eigenvalue weighted by atomic mass is 16.5. The zero-order valence-electron chi connectivity index (χ0n) is 15.0. The number of rotatable bonds is 6. The maximum Gasteiger partial charge on any atom is 0.411 e. The number of amides is 2. The Balaban J connectivity index is 1.64. The highest BCUT2D eigenvalue weighted by Crippen LogP contribution is 2.18. The van der Waals surface area contributed by atoms with E-state index in [0.29, 0.717) is 30.0 Å². The van der Waals surface area contributed by atoms with Gasteiger partial charge in [0.2, 0.25) is 0 Å². The van der Waals surface area contributed by atoms with E-state index in [-0.39, 0.29) is 5.91 Å². The molecule has 0 aliphatic carbocycles. The second-order valence-electron chi connectivity index (χ2n) is 5.93. The Kier molecular flexibility index (Phi) is 5.89. The van der Waals surface area contributed by atoms with E-state index in [4.69, 9.17) is 4.74 Å². The molecule has 6 heteroatoms. The van der Waals surface area contributed by atoms with Gasteiger partial charge in [-0.25, -0.2) is 4.79 Å². The van der Waals surface area contributed by atoms with Crippen LogP contribution in [0.2, 0.25) is 0 Å². The van der Waals surface area contributed by atoms with Crippen molar-refractivity contribution in [2.75, 3.05) is 17.2 Å². The Morgan fingerprint density at radius 1 is 0.926 bits per heavy atom. The SMILES string of the molecule is CCOC(=O)Nc1ccc(NC(=O)c2c[nH]cc2Cc2ccccc2)cc1. The van der Waals surface area contributed by atoms with E-state index in [0.717, 1.165) is 11.1 Å². The minimum absolute atomic E-state index is 0.187. The Bertz CT molecular complexity index is 902. The minimum Gasteiger partial charge on any atom is -0.450 e. The van der Waals surface area contributed by atoms with Crippen LogP contribution in [0.5, 0.6) is 0 Å². The Hall–Kier alpha value is -3.54. The molecule has 0 spiro atoms. The van der Waals surface area contributed by atoms with Crippen LogP contribution in [0.15, 0.2) is 67.0 Å². The summed E-state index contributed by atoms with van der Waals surface area (Å²) in [5, 5.41) is 5.48. The zero-order chi connectivity index (χ0) is 19.1. The van der Waals surface area contributed by atoms with Crippen LogP contribution in [-0.2, 0) is 11.2 Å². The largest absolute Gasteiger partial charge is 0.450 e. The lowest BCUT2D eigenvalue weighted by Crippen LogP contribution is -2.14. The lowest BCUT2D eigenvalue weighted by molar-refractivity contribution is 0.102. The number of carbonyl (C=O) groups excluding carboxylic acids is 2. The van der Waals surface area contributed by atoms with Crippen molar-refractivity contribution in [3.8, 4) is 0 Å². The molecule has 0 unspecified atom stereocenters. The molecular weight excluding hydrogens is 342 g/mol. The standard InChI is InChI=1S/C21H21N3O3/c1-2-27-21(26)24-18-10-8-17(9-11-18)23-20(25)19-14-22-13-16(19)12-15-6-4-3-5-7-15/h3-11,13-14,22H,2,12H2,1H3,(H,23,25)(H,24,26). The van der Waals surface area contributed by atoms with Crippen molar-refractivity contribution in [2.24, 2.45) is 0 Å². The van der Waals surface area contributed by atoms with Crippen LogP contribution < -0.4 is 10.6 Å². The van der Waals surface area contributed by atoms with Crippen LogP contribution in [-0.4, -0.2) is 23.6 Å². The van der Waals surface area contributed by atoms with Crippen LogP contribution in [0.25, 0.3) is 0 Å². The first-order valence-electron chi connectivity index (χ1n) is 8.70. The molecule has 27 heavy (non-hydrogen) atoms. The Morgan fingerprint density at radius 2 is 1.59 bits per heavy atom. The molecule has 0 saturated heterocycles. The van der Waals surface area contributed by atoms with E-state index in [9.17, 15) is 9.59 Å². The number of H-pyrrole nitrogens is 1. The van der Waals surface area contributed by atoms with Gasteiger partial charge >= 0.3 is 6.09 Å². The summed E-state index contributed by atoms with van der Waals surface area (Å²) in [6.07, 6.45) is 3.71. The van der Waals surface area contributed by atoms with Crippen molar-refractivity contribution in [3.63, 3.8) is 0 Å². The molecule has 0 aliphatic rings. The van der Waals surface area contributed by atoms with Crippen molar-refractivity contribution in [2.45, 2.75) is 13.3 Å². The molecule has 0 bridgehead atoms. The predicted molar refractivity (Wildman–Crippen MR) is 105 cm³/mol. The fraction of sp³-hybridized carbons (Fsp3) is 0.143. The predicted octanol–water partition coefficient (Wildman–Crippen LogP) is 4.43. The van der Waals surface area contributed by atoms with Crippen molar-refractivity contribution in [1.29, 1.82) is 0 Å². The van der Waals surface area contributed by atoms with Gasteiger partial charge in [-0.3, -0.25) is 10.1 Å². The van der Waals surface area contributed by atoms with Crippen LogP contribution >= 0.6 is 0 Å². The first-order valence-corrected chi connectivity index (χ1v) is 8.70. The molecule has 0 aliphatic heterocycles. The monoisotopic (exact) mass is 363 g/mol. The van der Waals surface area contributed by atoms with Crippen molar-refractivity contribution in [3.05, 3.63) is 83.7 Å². The number of benzene rings is 2. The highest BCUT2D eigenvalue weighted by Gasteiger charge is 2.13. The molecule has 3 aromatic rings. The van der Waals surface area contributed by atoms with E-state index in [1.54, 1.807) is 37.4 Å². The fourth-order valence-electron chi connectivity index (χ4n) is 2.69. The second-order valence-corrected chi connectivity index (χ2v) is 5.93. The van der Waals surface area contributed by atoms with Gasteiger partial charge in [0.05, 0.1) is 12.2 Å². The van der Waals surface area contributed by atoms with Gasteiger partial charge in [0.1, 0.15) is 0 Å². The van der Waals surface area contributed by atoms with Crippen molar-refractivity contribution < 1.29 is 14.3 Å². The molecule has 0 radical (unpaired) electrons. The van der Waals surface area contributed by atoms with Gasteiger partial charge in [0, 0.05) is 23.8 Å². The molecule has 0 saturated carbocycles. The molecule has 0 atom stereocenters. The molecule has 3 rings (SSSR count). The number of ether oxygens (including phenoxy) is 1. The van der Waals surface area contributed by atoms with Crippen molar-refractivity contribution in [1.82, 2.24) is 4.98 Å². The molecule has 1 heterocycles. The maximum atomic E-state index is 12.6. The van der Waals surface area contributed by atoms with Crippen LogP contribution in [0, 0.1) is 0 Å². The molecule has 1 aromatic heterocycles. The third kappa shape index (κ3) is 4.98. The normalized spacial score (nSPS) is 10.3.